The van der Waals surface area contributed by atoms with Gasteiger partial charge in [-0.25, -0.2) is 0 Å². The van der Waals surface area contributed by atoms with Gasteiger partial charge in [0.1, 0.15) is 10.3 Å². The van der Waals surface area contributed by atoms with Crippen LogP contribution in [-0.2, 0) is 14.1 Å². The van der Waals surface area contributed by atoms with Crippen LogP contribution in [0, 0.1) is 0 Å². The fourth-order valence-electron chi connectivity index (χ4n) is 1.49. The highest BCUT2D eigenvalue weighted by Crippen LogP contribution is 2.19. The molecule has 0 unspecified atom stereocenters. The van der Waals surface area contributed by atoms with Gasteiger partial charge in [-0.1, -0.05) is 23.2 Å². The second kappa shape index (κ2) is 14.3. The minimum absolute atomic E-state index is 0. The number of rotatable bonds is 2. The van der Waals surface area contributed by atoms with Crippen LogP contribution in [0.5, 0.6) is 0 Å². The van der Waals surface area contributed by atoms with Crippen molar-refractivity contribution in [3.05, 3.63) is 33.8 Å². The normalized spacial score (nSPS) is 11.3. The van der Waals surface area contributed by atoms with Gasteiger partial charge in [-0.3, -0.25) is 9.36 Å². The number of nitrogens with two attached hydrogens (primary N) is 2. The summed E-state index contributed by atoms with van der Waals surface area (Å²) in [5.74, 6) is 0. The standard InChI is InChI=1S/2C6H10ClN3.4ClH/c2*1-4(8)5-3-9-10(2)6(5)7;;;;/h2*3-4H,8H2,1-2H3;4*1H/t2*4-;;;;/m10..../s1. The molecule has 24 heavy (non-hydrogen) atoms. The molecule has 6 nitrogen and oxygen atoms in total. The molecule has 144 valence electrons. The molecule has 0 radical (unpaired) electrons. The summed E-state index contributed by atoms with van der Waals surface area (Å²) < 4.78 is 3.19. The van der Waals surface area contributed by atoms with Crippen molar-refractivity contribution in [1.82, 2.24) is 19.6 Å². The first-order valence-corrected chi connectivity index (χ1v) is 6.87. The fourth-order valence-corrected chi connectivity index (χ4v) is 2.02. The first-order chi connectivity index (χ1) is 9.25. The molecule has 0 bridgehead atoms. The molecule has 2 heterocycles. The first kappa shape index (κ1) is 31.8. The average Bonchev–Trinajstić information content (AvgIpc) is 2.86. The van der Waals surface area contributed by atoms with Crippen LogP contribution < -0.4 is 11.5 Å². The Morgan fingerprint density at radius 1 is 0.792 bits per heavy atom. The lowest BCUT2D eigenvalue weighted by atomic mass is 10.2. The molecule has 2 aromatic heterocycles. The number of aryl methyl sites for hydroxylation is 2. The van der Waals surface area contributed by atoms with Gasteiger partial charge in [-0.05, 0) is 13.8 Å². The topological polar surface area (TPSA) is 87.7 Å². The molecule has 2 atom stereocenters. The molecule has 0 spiro atoms. The summed E-state index contributed by atoms with van der Waals surface area (Å²) in [7, 11) is 3.57. The molecule has 12 heteroatoms. The Hall–Kier alpha value is 0.0800. The molecule has 0 amide bonds. The smallest absolute Gasteiger partial charge is 0.131 e. The summed E-state index contributed by atoms with van der Waals surface area (Å²) in [4.78, 5) is 0. The number of hydrogen-bond acceptors (Lipinski definition) is 4. The Balaban J connectivity index is -0.000000143. The lowest BCUT2D eigenvalue weighted by Gasteiger charge is -2.00. The highest BCUT2D eigenvalue weighted by Gasteiger charge is 2.09. The molecule has 2 rings (SSSR count). The summed E-state index contributed by atoms with van der Waals surface area (Å²) >= 11 is 11.6. The molecule has 0 saturated carbocycles. The summed E-state index contributed by atoms with van der Waals surface area (Å²) in [5, 5.41) is 9.12. The van der Waals surface area contributed by atoms with Crippen LogP contribution in [0.15, 0.2) is 12.4 Å². The second-order valence-electron chi connectivity index (χ2n) is 4.61. The van der Waals surface area contributed by atoms with Crippen molar-refractivity contribution in [2.75, 3.05) is 0 Å². The number of hydrogen-bond donors (Lipinski definition) is 2. The van der Waals surface area contributed by atoms with Gasteiger partial charge < -0.3 is 11.5 Å². The lowest BCUT2D eigenvalue weighted by molar-refractivity contribution is 0.763. The molecule has 0 saturated heterocycles. The summed E-state index contributed by atoms with van der Waals surface area (Å²) in [6, 6.07) is -0.0811. The molecular formula is C12H24Cl6N6. The van der Waals surface area contributed by atoms with Crippen molar-refractivity contribution >= 4 is 72.8 Å². The van der Waals surface area contributed by atoms with E-state index in [-0.39, 0.29) is 61.7 Å². The Morgan fingerprint density at radius 3 is 1.12 bits per heavy atom. The Bertz CT molecular complexity index is 518. The highest BCUT2D eigenvalue weighted by molar-refractivity contribution is 6.30. The maximum atomic E-state index is 5.82. The predicted octanol–water partition coefficient (Wildman–Crippen LogP) is 3.87. The third-order valence-electron chi connectivity index (χ3n) is 2.77. The van der Waals surface area contributed by atoms with Gasteiger partial charge in [-0.15, -0.1) is 49.6 Å². The molecule has 0 aromatic carbocycles. The van der Waals surface area contributed by atoms with Crippen molar-refractivity contribution < 1.29 is 0 Å². The van der Waals surface area contributed by atoms with E-state index in [1.807, 2.05) is 13.8 Å². The van der Waals surface area contributed by atoms with E-state index >= 15 is 0 Å². The Labute approximate surface area is 177 Å². The van der Waals surface area contributed by atoms with Crippen LogP contribution in [0.25, 0.3) is 0 Å². The van der Waals surface area contributed by atoms with E-state index in [0.29, 0.717) is 10.3 Å². The zero-order valence-corrected chi connectivity index (χ0v) is 18.4. The Morgan fingerprint density at radius 2 is 1.04 bits per heavy atom. The van der Waals surface area contributed by atoms with Crippen LogP contribution in [-0.4, -0.2) is 19.6 Å². The van der Waals surface area contributed by atoms with E-state index in [1.165, 1.54) is 0 Å². The maximum Gasteiger partial charge on any atom is 0.131 e. The van der Waals surface area contributed by atoms with E-state index in [4.69, 9.17) is 34.7 Å². The van der Waals surface area contributed by atoms with Gasteiger partial charge in [0.15, 0.2) is 0 Å². The van der Waals surface area contributed by atoms with Crippen molar-refractivity contribution in [2.24, 2.45) is 25.6 Å². The van der Waals surface area contributed by atoms with Gasteiger partial charge in [0.2, 0.25) is 0 Å². The number of halogens is 6. The highest BCUT2D eigenvalue weighted by atomic mass is 35.5. The fraction of sp³-hybridized carbons (Fsp3) is 0.500. The Kier molecular flexibility index (Phi) is 18.9. The average molecular weight is 465 g/mol. The number of nitrogens with zero attached hydrogens (tertiary/aromatic N) is 4. The third kappa shape index (κ3) is 8.45. The number of aromatic nitrogens is 4. The van der Waals surface area contributed by atoms with Crippen LogP contribution >= 0.6 is 72.8 Å². The monoisotopic (exact) mass is 462 g/mol. The largest absolute Gasteiger partial charge is 0.324 e. The van der Waals surface area contributed by atoms with Crippen molar-refractivity contribution in [3.8, 4) is 0 Å². The quantitative estimate of drug-likeness (QED) is 0.706. The van der Waals surface area contributed by atoms with Crippen LogP contribution in [0.2, 0.25) is 10.3 Å². The molecule has 0 fully saturated rings. The first-order valence-electron chi connectivity index (χ1n) is 6.11. The maximum absolute atomic E-state index is 5.82. The van der Waals surface area contributed by atoms with Gasteiger partial charge in [0, 0.05) is 37.3 Å². The van der Waals surface area contributed by atoms with Gasteiger partial charge in [-0.2, -0.15) is 10.2 Å². The van der Waals surface area contributed by atoms with Gasteiger partial charge in [0.25, 0.3) is 0 Å². The predicted molar refractivity (Wildman–Crippen MR) is 111 cm³/mol. The van der Waals surface area contributed by atoms with E-state index in [9.17, 15) is 0 Å². The molecule has 0 aliphatic rings. The molecule has 0 aliphatic heterocycles. The van der Waals surface area contributed by atoms with E-state index in [0.717, 1.165) is 11.1 Å². The minimum Gasteiger partial charge on any atom is -0.324 e. The third-order valence-corrected chi connectivity index (χ3v) is 3.69. The van der Waals surface area contributed by atoms with Crippen LogP contribution in [0.4, 0.5) is 0 Å². The van der Waals surface area contributed by atoms with E-state index in [2.05, 4.69) is 10.2 Å². The molecular weight excluding hydrogens is 441 g/mol. The lowest BCUT2D eigenvalue weighted by Crippen LogP contribution is -2.04. The van der Waals surface area contributed by atoms with Crippen LogP contribution in [0.3, 0.4) is 0 Å². The molecule has 2 aromatic rings. The van der Waals surface area contributed by atoms with Gasteiger partial charge >= 0.3 is 0 Å². The van der Waals surface area contributed by atoms with Crippen LogP contribution in [0.1, 0.15) is 37.1 Å². The SMILES string of the molecule is C[C@@H](N)c1cnn(C)c1Cl.C[C@H](N)c1cnn(C)c1Cl.Cl.Cl.Cl.Cl. The van der Waals surface area contributed by atoms with Gasteiger partial charge in [0.05, 0.1) is 12.4 Å². The molecule has 0 aliphatic carbocycles. The van der Waals surface area contributed by atoms with Crippen molar-refractivity contribution in [1.29, 1.82) is 0 Å². The van der Waals surface area contributed by atoms with Crippen molar-refractivity contribution in [2.45, 2.75) is 25.9 Å². The van der Waals surface area contributed by atoms with E-state index in [1.54, 1.807) is 35.9 Å². The summed E-state index contributed by atoms with van der Waals surface area (Å²) in [6.45, 7) is 3.76. The minimum atomic E-state index is -0.0406. The van der Waals surface area contributed by atoms with E-state index < -0.39 is 0 Å². The summed E-state index contributed by atoms with van der Waals surface area (Å²) in [6.07, 6.45) is 3.38. The molecule has 4 N–H and O–H groups in total. The zero-order chi connectivity index (χ0) is 15.4. The zero-order valence-electron chi connectivity index (χ0n) is 13.6. The summed E-state index contributed by atoms with van der Waals surface area (Å²) in [5.41, 5.74) is 13.0. The van der Waals surface area contributed by atoms with Crippen molar-refractivity contribution in [3.63, 3.8) is 0 Å². The second-order valence-corrected chi connectivity index (χ2v) is 5.32.